The molecule has 1 aromatic heterocycles. The zero-order valence-electron chi connectivity index (χ0n) is 16.8. The number of aromatic nitrogens is 2. The van der Waals surface area contributed by atoms with Gasteiger partial charge < -0.3 is 19.9 Å². The fourth-order valence-electron chi connectivity index (χ4n) is 3.23. The summed E-state index contributed by atoms with van der Waals surface area (Å²) in [5, 5.41) is 19.1. The maximum atomic E-state index is 13.1. The van der Waals surface area contributed by atoms with Crippen LogP contribution in [0.25, 0.3) is 10.8 Å². The highest BCUT2D eigenvalue weighted by atomic mass is 16.5. The number of nitrogens with one attached hydrogen (secondary N) is 2. The van der Waals surface area contributed by atoms with Crippen molar-refractivity contribution in [2.45, 2.75) is 25.3 Å². The number of carbonyl (C=O) groups excluding carboxylic acids is 2. The van der Waals surface area contributed by atoms with E-state index < -0.39 is 23.5 Å². The molecule has 1 aromatic carbocycles. The standard InChI is InChI=1S/C20H24N4O7/c25-16-5-4-15(19(28)23-16)24-20(29)18-13(12-22-24)2-1-3-14(18)21-7-9-31-11-10-30-8-6-17(26)27/h1-3,12,15,21H,4-11H2,(H,26,27)(H,23,25,28). The molecule has 11 nitrogen and oxygen atoms in total. The van der Waals surface area contributed by atoms with Crippen LogP contribution in [0.3, 0.4) is 0 Å². The average Bonchev–Trinajstić information content (AvgIpc) is 2.73. The highest BCUT2D eigenvalue weighted by Gasteiger charge is 2.30. The summed E-state index contributed by atoms with van der Waals surface area (Å²) < 4.78 is 11.7. The van der Waals surface area contributed by atoms with Crippen LogP contribution in [0.1, 0.15) is 25.3 Å². The lowest BCUT2D eigenvalue weighted by molar-refractivity contribution is -0.138. The number of hydrogen-bond acceptors (Lipinski definition) is 8. The fourth-order valence-corrected chi connectivity index (χ4v) is 3.23. The number of piperidine rings is 1. The Morgan fingerprint density at radius 3 is 2.71 bits per heavy atom. The van der Waals surface area contributed by atoms with Crippen LogP contribution in [0, 0.1) is 0 Å². The van der Waals surface area contributed by atoms with E-state index in [0.717, 1.165) is 4.68 Å². The SMILES string of the molecule is O=C(O)CCOCCOCCNc1cccc2cnn(C3CCC(=O)NC3=O)c(=O)c12. The molecule has 0 saturated carbocycles. The number of carboxylic acids is 1. The van der Waals surface area contributed by atoms with E-state index in [4.69, 9.17) is 14.6 Å². The zero-order valence-corrected chi connectivity index (χ0v) is 16.8. The first-order chi connectivity index (χ1) is 15.0. The summed E-state index contributed by atoms with van der Waals surface area (Å²) in [6.07, 6.45) is 1.85. The highest BCUT2D eigenvalue weighted by molar-refractivity contribution is 5.99. The molecule has 1 fully saturated rings. The number of anilines is 1. The largest absolute Gasteiger partial charge is 0.481 e. The van der Waals surface area contributed by atoms with Gasteiger partial charge in [0.15, 0.2) is 0 Å². The third-order valence-corrected chi connectivity index (χ3v) is 4.74. The summed E-state index contributed by atoms with van der Waals surface area (Å²) >= 11 is 0. The molecule has 2 amide bonds. The van der Waals surface area contributed by atoms with Gasteiger partial charge in [-0.15, -0.1) is 0 Å². The van der Waals surface area contributed by atoms with Crippen molar-refractivity contribution >= 4 is 34.2 Å². The fraction of sp³-hybridized carbons (Fsp3) is 0.450. The lowest BCUT2D eigenvalue weighted by Gasteiger charge is -2.22. The van der Waals surface area contributed by atoms with Crippen LogP contribution < -0.4 is 16.2 Å². The molecule has 2 heterocycles. The number of rotatable bonds is 11. The molecule has 2 aromatic rings. The number of imide groups is 1. The maximum Gasteiger partial charge on any atom is 0.305 e. The van der Waals surface area contributed by atoms with Gasteiger partial charge in [0, 0.05) is 24.0 Å². The molecule has 1 atom stereocenters. The van der Waals surface area contributed by atoms with E-state index in [2.05, 4.69) is 15.7 Å². The molecule has 0 bridgehead atoms. The minimum Gasteiger partial charge on any atom is -0.481 e. The molecule has 3 rings (SSSR count). The van der Waals surface area contributed by atoms with Gasteiger partial charge in [-0.05, 0) is 12.5 Å². The van der Waals surface area contributed by atoms with Gasteiger partial charge in [-0.1, -0.05) is 12.1 Å². The van der Waals surface area contributed by atoms with Crippen LogP contribution >= 0.6 is 0 Å². The predicted octanol–water partition coefficient (Wildman–Crippen LogP) is 0.294. The second kappa shape index (κ2) is 10.6. The molecule has 1 aliphatic rings. The average molecular weight is 432 g/mol. The second-order valence-corrected chi connectivity index (χ2v) is 6.93. The molecule has 11 heteroatoms. The van der Waals surface area contributed by atoms with Gasteiger partial charge in [-0.3, -0.25) is 24.5 Å². The molecule has 31 heavy (non-hydrogen) atoms. The molecule has 0 aliphatic carbocycles. The highest BCUT2D eigenvalue weighted by Crippen LogP contribution is 2.21. The molecule has 1 unspecified atom stereocenters. The first kappa shape index (κ1) is 22.4. The molecular weight excluding hydrogens is 408 g/mol. The Morgan fingerprint density at radius 2 is 1.97 bits per heavy atom. The van der Waals surface area contributed by atoms with Gasteiger partial charge in [0.25, 0.3) is 11.5 Å². The van der Waals surface area contributed by atoms with Crippen LogP contribution in [0.5, 0.6) is 0 Å². The number of fused-ring (bicyclic) bond motifs is 1. The number of benzene rings is 1. The van der Waals surface area contributed by atoms with E-state index in [9.17, 15) is 19.2 Å². The van der Waals surface area contributed by atoms with E-state index in [1.807, 2.05) is 0 Å². The number of carbonyl (C=O) groups is 3. The normalized spacial score (nSPS) is 16.3. The Bertz CT molecular complexity index is 1020. The minimum absolute atomic E-state index is 0.0478. The van der Waals surface area contributed by atoms with Crippen LogP contribution in [0.4, 0.5) is 5.69 Å². The summed E-state index contributed by atoms with van der Waals surface area (Å²) in [6.45, 7) is 1.53. The van der Waals surface area contributed by atoms with Gasteiger partial charge in [0.2, 0.25) is 5.91 Å². The number of amides is 2. The lowest BCUT2D eigenvalue weighted by Crippen LogP contribution is -2.45. The van der Waals surface area contributed by atoms with Crippen molar-refractivity contribution in [2.75, 3.05) is 38.3 Å². The molecule has 166 valence electrons. The van der Waals surface area contributed by atoms with Crippen LogP contribution in [-0.4, -0.2) is 65.6 Å². The zero-order chi connectivity index (χ0) is 22.2. The minimum atomic E-state index is -0.910. The van der Waals surface area contributed by atoms with Crippen molar-refractivity contribution in [3.8, 4) is 0 Å². The Kier molecular flexibility index (Phi) is 7.68. The molecule has 1 saturated heterocycles. The smallest absolute Gasteiger partial charge is 0.305 e. The summed E-state index contributed by atoms with van der Waals surface area (Å²) in [5.41, 5.74) is 0.176. The molecule has 3 N–H and O–H groups in total. The number of carboxylic acid groups (broad SMARTS) is 1. The molecule has 1 aliphatic heterocycles. The topological polar surface area (TPSA) is 149 Å². The van der Waals surface area contributed by atoms with E-state index in [-0.39, 0.29) is 31.8 Å². The summed E-state index contributed by atoms with van der Waals surface area (Å²) in [5.74, 6) is -1.80. The predicted molar refractivity (Wildman–Crippen MR) is 110 cm³/mol. The quantitative estimate of drug-likeness (QED) is 0.336. The van der Waals surface area contributed by atoms with Gasteiger partial charge in [-0.2, -0.15) is 5.10 Å². The van der Waals surface area contributed by atoms with E-state index in [1.165, 1.54) is 6.20 Å². The summed E-state index contributed by atoms with van der Waals surface area (Å²) in [7, 11) is 0. The number of hydrogen-bond donors (Lipinski definition) is 3. The van der Waals surface area contributed by atoms with E-state index in [1.54, 1.807) is 18.2 Å². The van der Waals surface area contributed by atoms with Crippen LogP contribution in [-0.2, 0) is 23.9 Å². The van der Waals surface area contributed by atoms with Gasteiger partial charge in [0.1, 0.15) is 6.04 Å². The maximum absolute atomic E-state index is 13.1. The number of ether oxygens (including phenoxy) is 2. The van der Waals surface area contributed by atoms with Gasteiger partial charge in [-0.25, -0.2) is 4.68 Å². The van der Waals surface area contributed by atoms with Crippen molar-refractivity contribution < 1.29 is 29.0 Å². The Hall–Kier alpha value is -3.31. The lowest BCUT2D eigenvalue weighted by atomic mass is 10.1. The first-order valence-electron chi connectivity index (χ1n) is 9.93. The molecule has 0 radical (unpaired) electrons. The monoisotopic (exact) mass is 432 g/mol. The third-order valence-electron chi connectivity index (χ3n) is 4.74. The van der Waals surface area contributed by atoms with Gasteiger partial charge >= 0.3 is 5.97 Å². The Morgan fingerprint density at radius 1 is 1.19 bits per heavy atom. The van der Waals surface area contributed by atoms with Crippen molar-refractivity contribution in [2.24, 2.45) is 0 Å². The first-order valence-corrected chi connectivity index (χ1v) is 9.93. The van der Waals surface area contributed by atoms with Gasteiger partial charge in [0.05, 0.1) is 44.4 Å². The van der Waals surface area contributed by atoms with Crippen molar-refractivity contribution in [1.82, 2.24) is 15.1 Å². The van der Waals surface area contributed by atoms with Crippen LogP contribution in [0.15, 0.2) is 29.2 Å². The van der Waals surface area contributed by atoms with Crippen molar-refractivity contribution in [1.29, 1.82) is 0 Å². The van der Waals surface area contributed by atoms with Crippen molar-refractivity contribution in [3.05, 3.63) is 34.7 Å². The summed E-state index contributed by atoms with van der Waals surface area (Å²) in [6, 6.07) is 4.48. The van der Waals surface area contributed by atoms with E-state index in [0.29, 0.717) is 42.8 Å². The third kappa shape index (κ3) is 5.86. The number of aliphatic carboxylic acids is 1. The van der Waals surface area contributed by atoms with Crippen LogP contribution in [0.2, 0.25) is 0 Å². The Labute approximate surface area is 177 Å². The van der Waals surface area contributed by atoms with E-state index >= 15 is 0 Å². The molecule has 0 spiro atoms. The number of nitrogens with zero attached hydrogens (tertiary/aromatic N) is 2. The van der Waals surface area contributed by atoms with Crippen molar-refractivity contribution in [3.63, 3.8) is 0 Å². The summed E-state index contributed by atoms with van der Waals surface area (Å²) in [4.78, 5) is 47.0. The Balaban J connectivity index is 1.60. The second-order valence-electron chi connectivity index (χ2n) is 6.93. The molecular formula is C20H24N4O7.